The quantitative estimate of drug-likeness (QED) is 0.912. The van der Waals surface area contributed by atoms with Crippen LogP contribution < -0.4 is 10.1 Å². The second-order valence-corrected chi connectivity index (χ2v) is 7.46. The first-order chi connectivity index (χ1) is 10.8. The highest BCUT2D eigenvalue weighted by molar-refractivity contribution is 7.90. The molecule has 1 amide bonds. The van der Waals surface area contributed by atoms with Crippen molar-refractivity contribution in [2.45, 2.75) is 24.8 Å². The molecule has 23 heavy (non-hydrogen) atoms. The first-order valence-corrected chi connectivity index (χ1v) is 9.03. The number of rotatable bonds is 5. The molecule has 0 aliphatic carbocycles. The first kappa shape index (κ1) is 17.0. The zero-order valence-corrected chi connectivity index (χ0v) is 14.1. The van der Waals surface area contributed by atoms with Gasteiger partial charge in [-0.05, 0) is 56.3 Å². The first-order valence-electron chi connectivity index (χ1n) is 7.14. The average Bonchev–Trinajstić information content (AvgIpc) is 2.46. The van der Waals surface area contributed by atoms with E-state index in [-0.39, 0.29) is 16.9 Å². The Morgan fingerprint density at radius 3 is 2.30 bits per heavy atom. The lowest BCUT2D eigenvalue weighted by Crippen LogP contribution is -2.12. The minimum atomic E-state index is -3.31. The molecule has 2 rings (SSSR count). The van der Waals surface area contributed by atoms with Crippen LogP contribution in [0.3, 0.4) is 0 Å². The lowest BCUT2D eigenvalue weighted by molar-refractivity contribution is 0.102. The number of carbonyl (C=O) groups is 1. The topological polar surface area (TPSA) is 72.5 Å². The third-order valence-corrected chi connectivity index (χ3v) is 4.12. The van der Waals surface area contributed by atoms with E-state index in [1.165, 1.54) is 12.1 Å². The van der Waals surface area contributed by atoms with Gasteiger partial charge in [0.05, 0.1) is 11.0 Å². The summed E-state index contributed by atoms with van der Waals surface area (Å²) in [5.41, 5.74) is 0.895. The van der Waals surface area contributed by atoms with Crippen LogP contribution in [-0.4, -0.2) is 26.7 Å². The maximum atomic E-state index is 12.2. The molecule has 2 aromatic rings. The molecule has 0 aliphatic rings. The number of sulfone groups is 1. The standard InChI is InChI=1S/C17H19NO4S/c1-12(2)22-15-9-7-13(8-10-15)17(19)18-14-5-4-6-16(11-14)23(3,20)21/h4-12H,1-3H3,(H,18,19). The van der Waals surface area contributed by atoms with Gasteiger partial charge >= 0.3 is 0 Å². The van der Waals surface area contributed by atoms with Gasteiger partial charge in [-0.2, -0.15) is 0 Å². The van der Waals surface area contributed by atoms with Crippen molar-refractivity contribution in [1.29, 1.82) is 0 Å². The van der Waals surface area contributed by atoms with Gasteiger partial charge in [-0.25, -0.2) is 8.42 Å². The van der Waals surface area contributed by atoms with Crippen LogP contribution in [0.15, 0.2) is 53.4 Å². The smallest absolute Gasteiger partial charge is 0.255 e. The second-order valence-electron chi connectivity index (χ2n) is 5.45. The van der Waals surface area contributed by atoms with E-state index in [1.807, 2.05) is 13.8 Å². The van der Waals surface area contributed by atoms with Crippen LogP contribution in [-0.2, 0) is 9.84 Å². The summed E-state index contributed by atoms with van der Waals surface area (Å²) in [7, 11) is -3.31. The fraction of sp³-hybridized carbons (Fsp3) is 0.235. The van der Waals surface area contributed by atoms with Crippen LogP contribution in [0.5, 0.6) is 5.75 Å². The summed E-state index contributed by atoms with van der Waals surface area (Å²) < 4.78 is 28.6. The van der Waals surface area contributed by atoms with Gasteiger partial charge in [0.2, 0.25) is 0 Å². The largest absolute Gasteiger partial charge is 0.491 e. The minimum absolute atomic E-state index is 0.0633. The molecule has 0 aliphatic heterocycles. The molecule has 2 aromatic carbocycles. The van der Waals surface area contributed by atoms with Crippen LogP contribution in [0.4, 0.5) is 5.69 Å². The van der Waals surface area contributed by atoms with Gasteiger partial charge in [0.15, 0.2) is 9.84 Å². The van der Waals surface area contributed by atoms with E-state index >= 15 is 0 Å². The highest BCUT2D eigenvalue weighted by Crippen LogP contribution is 2.18. The number of benzene rings is 2. The van der Waals surface area contributed by atoms with Crippen molar-refractivity contribution in [3.63, 3.8) is 0 Å². The molecule has 5 nitrogen and oxygen atoms in total. The Morgan fingerprint density at radius 1 is 1.09 bits per heavy atom. The van der Waals surface area contributed by atoms with Gasteiger partial charge in [-0.3, -0.25) is 4.79 Å². The molecule has 0 unspecified atom stereocenters. The zero-order valence-electron chi connectivity index (χ0n) is 13.2. The van der Waals surface area contributed by atoms with E-state index in [9.17, 15) is 13.2 Å². The van der Waals surface area contributed by atoms with Gasteiger partial charge < -0.3 is 10.1 Å². The summed E-state index contributed by atoms with van der Waals surface area (Å²) in [6.45, 7) is 3.85. The monoisotopic (exact) mass is 333 g/mol. The predicted octanol–water partition coefficient (Wildman–Crippen LogP) is 3.13. The summed E-state index contributed by atoms with van der Waals surface area (Å²) in [6, 6.07) is 12.9. The van der Waals surface area contributed by atoms with Crippen LogP contribution in [0.2, 0.25) is 0 Å². The fourth-order valence-corrected chi connectivity index (χ4v) is 2.63. The lowest BCUT2D eigenvalue weighted by Gasteiger charge is -2.10. The molecule has 0 fully saturated rings. The number of carbonyl (C=O) groups excluding carboxylic acids is 1. The molecule has 6 heteroatoms. The van der Waals surface area contributed by atoms with Crippen LogP contribution in [0, 0.1) is 0 Å². The Kier molecular flexibility index (Phi) is 5.05. The zero-order chi connectivity index (χ0) is 17.0. The molecule has 0 bridgehead atoms. The highest BCUT2D eigenvalue weighted by Gasteiger charge is 2.10. The maximum Gasteiger partial charge on any atom is 0.255 e. The molecule has 122 valence electrons. The molecule has 0 spiro atoms. The van der Waals surface area contributed by atoms with E-state index in [0.717, 1.165) is 6.26 Å². The summed E-state index contributed by atoms with van der Waals surface area (Å²) >= 11 is 0. The molecule has 0 saturated carbocycles. The summed E-state index contributed by atoms with van der Waals surface area (Å²) in [6.07, 6.45) is 1.19. The molecule has 0 radical (unpaired) electrons. The summed E-state index contributed by atoms with van der Waals surface area (Å²) in [5, 5.41) is 2.69. The van der Waals surface area contributed by atoms with E-state index in [0.29, 0.717) is 17.0 Å². The molecule has 0 aromatic heterocycles. The van der Waals surface area contributed by atoms with Gasteiger partial charge in [0.1, 0.15) is 5.75 Å². The molecule has 1 N–H and O–H groups in total. The van der Waals surface area contributed by atoms with Crippen molar-refractivity contribution in [3.05, 3.63) is 54.1 Å². The van der Waals surface area contributed by atoms with Crippen molar-refractivity contribution in [3.8, 4) is 5.75 Å². The Morgan fingerprint density at radius 2 is 1.74 bits per heavy atom. The molecule has 0 atom stereocenters. The van der Waals surface area contributed by atoms with E-state index < -0.39 is 9.84 Å². The number of nitrogens with one attached hydrogen (secondary N) is 1. The minimum Gasteiger partial charge on any atom is -0.491 e. The number of hydrogen-bond donors (Lipinski definition) is 1. The Bertz CT molecular complexity index is 796. The number of ether oxygens (including phenoxy) is 1. The van der Waals surface area contributed by atoms with Crippen molar-refractivity contribution < 1.29 is 17.9 Å². The molecular formula is C17H19NO4S. The van der Waals surface area contributed by atoms with Crippen molar-refractivity contribution in [1.82, 2.24) is 0 Å². The second kappa shape index (κ2) is 6.83. The Balaban J connectivity index is 2.13. The van der Waals surface area contributed by atoms with E-state index in [4.69, 9.17) is 4.74 Å². The lowest BCUT2D eigenvalue weighted by atomic mass is 10.2. The molecular weight excluding hydrogens is 314 g/mol. The van der Waals surface area contributed by atoms with Gasteiger partial charge in [-0.1, -0.05) is 6.07 Å². The highest BCUT2D eigenvalue weighted by atomic mass is 32.2. The number of hydrogen-bond acceptors (Lipinski definition) is 4. The Labute approximate surface area is 136 Å². The Hall–Kier alpha value is -2.34. The van der Waals surface area contributed by atoms with Crippen molar-refractivity contribution >= 4 is 21.4 Å². The van der Waals surface area contributed by atoms with Crippen LogP contribution >= 0.6 is 0 Å². The van der Waals surface area contributed by atoms with Crippen molar-refractivity contribution in [2.24, 2.45) is 0 Å². The van der Waals surface area contributed by atoms with Gasteiger partial charge in [0.25, 0.3) is 5.91 Å². The molecule has 0 heterocycles. The van der Waals surface area contributed by atoms with Crippen LogP contribution in [0.25, 0.3) is 0 Å². The van der Waals surface area contributed by atoms with E-state index in [2.05, 4.69) is 5.32 Å². The van der Waals surface area contributed by atoms with Gasteiger partial charge in [0, 0.05) is 17.5 Å². The molecule has 0 saturated heterocycles. The summed E-state index contributed by atoms with van der Waals surface area (Å²) in [4.78, 5) is 12.4. The third-order valence-electron chi connectivity index (χ3n) is 3.01. The SMILES string of the molecule is CC(C)Oc1ccc(C(=O)Nc2cccc(S(C)(=O)=O)c2)cc1. The average molecular weight is 333 g/mol. The van der Waals surface area contributed by atoms with Crippen LogP contribution in [0.1, 0.15) is 24.2 Å². The van der Waals surface area contributed by atoms with Crippen molar-refractivity contribution in [2.75, 3.05) is 11.6 Å². The fourth-order valence-electron chi connectivity index (χ4n) is 1.96. The number of anilines is 1. The summed E-state index contributed by atoms with van der Waals surface area (Å²) in [5.74, 6) is 0.377. The van der Waals surface area contributed by atoms with E-state index in [1.54, 1.807) is 36.4 Å². The van der Waals surface area contributed by atoms with Gasteiger partial charge in [-0.15, -0.1) is 0 Å². The normalized spacial score (nSPS) is 11.3. The maximum absolute atomic E-state index is 12.2. The number of amides is 1. The third kappa shape index (κ3) is 4.82. The predicted molar refractivity (Wildman–Crippen MR) is 89.7 cm³/mol.